The monoisotopic (exact) mass is 308 g/mol. The van der Waals surface area contributed by atoms with E-state index < -0.39 is 0 Å². The van der Waals surface area contributed by atoms with E-state index >= 15 is 0 Å². The van der Waals surface area contributed by atoms with Gasteiger partial charge in [-0.25, -0.2) is 0 Å². The molecule has 7 heteroatoms. The average Bonchev–Trinajstić information content (AvgIpc) is 3.07. The predicted octanol–water partition coefficient (Wildman–Crippen LogP) is 1.40. The minimum Gasteiger partial charge on any atom is -0.356 e. The Morgan fingerprint density at radius 3 is 2.67 bits per heavy atom. The molecular formula is C14H20N4O2S. The highest BCUT2D eigenvalue weighted by atomic mass is 32.1. The normalized spacial score (nSPS) is 21.1. The van der Waals surface area contributed by atoms with Gasteiger partial charge in [0.05, 0.1) is 5.69 Å². The minimum atomic E-state index is 0.0424. The third-order valence-corrected chi connectivity index (χ3v) is 5.29. The topological polar surface area (TPSA) is 75.2 Å². The van der Waals surface area contributed by atoms with Crippen molar-refractivity contribution in [3.8, 4) is 0 Å². The highest BCUT2D eigenvalue weighted by Gasteiger charge is 2.42. The van der Waals surface area contributed by atoms with Gasteiger partial charge in [-0.2, -0.15) is 0 Å². The second kappa shape index (κ2) is 5.36. The van der Waals surface area contributed by atoms with Gasteiger partial charge in [0.15, 0.2) is 0 Å². The van der Waals surface area contributed by atoms with E-state index in [1.165, 1.54) is 11.5 Å². The molecule has 0 unspecified atom stereocenters. The number of hydrogen-bond acceptors (Lipinski definition) is 5. The van der Waals surface area contributed by atoms with E-state index in [-0.39, 0.29) is 23.1 Å². The molecule has 2 aliphatic heterocycles. The van der Waals surface area contributed by atoms with Gasteiger partial charge in [-0.1, -0.05) is 18.3 Å². The maximum Gasteiger partial charge on any atom is 0.267 e. The van der Waals surface area contributed by atoms with Gasteiger partial charge < -0.3 is 10.2 Å². The number of piperidine rings is 1. The number of carbonyl (C=O) groups is 2. The Labute approximate surface area is 128 Å². The molecule has 0 aliphatic carbocycles. The molecule has 0 saturated carbocycles. The molecule has 2 saturated heterocycles. The fraction of sp³-hybridized carbons (Fsp3) is 0.714. The standard InChI is InChI=1S/C14H20N4O2S/c1-9(2)11-12(21-17-16-11)13(20)18-5-3-14(4-6-18)7-10(19)15-8-14/h9H,3-8H2,1-2H3,(H,15,19). The molecule has 1 aromatic heterocycles. The van der Waals surface area contributed by atoms with Crippen LogP contribution in [0.3, 0.4) is 0 Å². The second-order valence-corrected chi connectivity index (χ2v) is 7.14. The van der Waals surface area contributed by atoms with E-state index in [9.17, 15) is 9.59 Å². The lowest BCUT2D eigenvalue weighted by Gasteiger charge is -2.38. The number of nitrogens with zero attached hydrogens (tertiary/aromatic N) is 3. The lowest BCUT2D eigenvalue weighted by atomic mass is 9.77. The molecule has 114 valence electrons. The zero-order valence-corrected chi connectivity index (χ0v) is 13.2. The van der Waals surface area contributed by atoms with Crippen LogP contribution in [-0.4, -0.2) is 45.9 Å². The molecule has 0 aromatic carbocycles. The molecule has 1 aromatic rings. The van der Waals surface area contributed by atoms with E-state index in [0.717, 1.165) is 25.1 Å². The van der Waals surface area contributed by atoms with Crippen molar-refractivity contribution in [1.29, 1.82) is 0 Å². The summed E-state index contributed by atoms with van der Waals surface area (Å²) in [5, 5.41) is 6.99. The summed E-state index contributed by atoms with van der Waals surface area (Å²) in [6, 6.07) is 0. The zero-order valence-electron chi connectivity index (χ0n) is 12.4. The summed E-state index contributed by atoms with van der Waals surface area (Å²) in [6.45, 7) is 6.22. The molecule has 0 atom stereocenters. The number of likely N-dealkylation sites (tertiary alicyclic amines) is 1. The SMILES string of the molecule is CC(C)c1nnsc1C(=O)N1CCC2(CC1)CNC(=O)C2. The van der Waals surface area contributed by atoms with Gasteiger partial charge in [0.2, 0.25) is 5.91 Å². The summed E-state index contributed by atoms with van der Waals surface area (Å²) >= 11 is 1.18. The summed E-state index contributed by atoms with van der Waals surface area (Å²) in [4.78, 5) is 26.6. The first-order valence-electron chi connectivity index (χ1n) is 7.39. The first-order chi connectivity index (χ1) is 10.0. The van der Waals surface area contributed by atoms with Crippen LogP contribution in [0.1, 0.15) is 54.4 Å². The Morgan fingerprint density at radius 2 is 2.10 bits per heavy atom. The molecule has 2 amide bonds. The van der Waals surface area contributed by atoms with Crippen molar-refractivity contribution in [3.63, 3.8) is 0 Å². The summed E-state index contributed by atoms with van der Waals surface area (Å²) in [6.07, 6.45) is 2.38. The highest BCUT2D eigenvalue weighted by molar-refractivity contribution is 7.08. The second-order valence-electron chi connectivity index (χ2n) is 6.39. The largest absolute Gasteiger partial charge is 0.356 e. The molecule has 2 fully saturated rings. The van der Waals surface area contributed by atoms with Gasteiger partial charge >= 0.3 is 0 Å². The summed E-state index contributed by atoms with van der Waals surface area (Å²) in [5.41, 5.74) is 0.865. The van der Waals surface area contributed by atoms with Crippen molar-refractivity contribution in [3.05, 3.63) is 10.6 Å². The van der Waals surface area contributed by atoms with Crippen LogP contribution in [0.15, 0.2) is 0 Å². The van der Waals surface area contributed by atoms with Crippen LogP contribution < -0.4 is 5.32 Å². The maximum absolute atomic E-state index is 12.6. The number of nitrogens with one attached hydrogen (secondary N) is 1. The lowest BCUT2D eigenvalue weighted by molar-refractivity contribution is -0.119. The third-order valence-electron chi connectivity index (χ3n) is 4.56. The van der Waals surface area contributed by atoms with Crippen molar-refractivity contribution in [2.24, 2.45) is 5.41 Å². The summed E-state index contributed by atoms with van der Waals surface area (Å²) in [5.74, 6) is 0.389. The van der Waals surface area contributed by atoms with Crippen molar-refractivity contribution < 1.29 is 9.59 Å². The van der Waals surface area contributed by atoms with Gasteiger partial charge in [0.25, 0.3) is 5.91 Å². The summed E-state index contributed by atoms with van der Waals surface area (Å²) < 4.78 is 3.93. The number of rotatable bonds is 2. The number of aromatic nitrogens is 2. The Hall–Kier alpha value is -1.50. The van der Waals surface area contributed by atoms with E-state index in [1.807, 2.05) is 18.7 Å². The fourth-order valence-corrected chi connectivity index (χ4v) is 3.94. The molecule has 0 bridgehead atoms. The van der Waals surface area contributed by atoms with Crippen LogP contribution in [0.5, 0.6) is 0 Å². The van der Waals surface area contributed by atoms with Crippen molar-refractivity contribution >= 4 is 23.3 Å². The molecular weight excluding hydrogens is 288 g/mol. The van der Waals surface area contributed by atoms with E-state index in [1.54, 1.807) is 0 Å². The van der Waals surface area contributed by atoms with E-state index in [2.05, 4.69) is 14.9 Å². The molecule has 1 spiro atoms. The molecule has 21 heavy (non-hydrogen) atoms. The van der Waals surface area contributed by atoms with Crippen LogP contribution in [-0.2, 0) is 4.79 Å². The molecule has 2 aliphatic rings. The van der Waals surface area contributed by atoms with Crippen LogP contribution in [0.2, 0.25) is 0 Å². The van der Waals surface area contributed by atoms with Crippen molar-refractivity contribution in [2.45, 2.75) is 39.0 Å². The maximum atomic E-state index is 12.6. The summed E-state index contributed by atoms with van der Waals surface area (Å²) in [7, 11) is 0. The van der Waals surface area contributed by atoms with Gasteiger partial charge in [-0.05, 0) is 35.7 Å². The molecule has 1 N–H and O–H groups in total. The van der Waals surface area contributed by atoms with Crippen molar-refractivity contribution in [1.82, 2.24) is 19.8 Å². The highest BCUT2D eigenvalue weighted by Crippen LogP contribution is 2.38. The molecule has 0 radical (unpaired) electrons. The Bertz CT molecular complexity index is 561. The quantitative estimate of drug-likeness (QED) is 0.896. The first kappa shape index (κ1) is 14.4. The van der Waals surface area contributed by atoms with Crippen LogP contribution in [0.4, 0.5) is 0 Å². The van der Waals surface area contributed by atoms with Crippen LogP contribution in [0, 0.1) is 5.41 Å². The molecule has 6 nitrogen and oxygen atoms in total. The molecule has 3 heterocycles. The van der Waals surface area contributed by atoms with Gasteiger partial charge in [0.1, 0.15) is 4.88 Å². The van der Waals surface area contributed by atoms with Crippen LogP contribution in [0.25, 0.3) is 0 Å². The van der Waals surface area contributed by atoms with Crippen LogP contribution >= 0.6 is 11.5 Å². The van der Waals surface area contributed by atoms with Gasteiger partial charge in [-0.15, -0.1) is 5.10 Å². The number of amides is 2. The Morgan fingerprint density at radius 1 is 1.38 bits per heavy atom. The van der Waals surface area contributed by atoms with E-state index in [4.69, 9.17) is 0 Å². The Kier molecular flexibility index (Phi) is 3.69. The lowest BCUT2D eigenvalue weighted by Crippen LogP contribution is -2.44. The number of carbonyl (C=O) groups excluding carboxylic acids is 2. The van der Waals surface area contributed by atoms with E-state index in [0.29, 0.717) is 24.4 Å². The average molecular weight is 308 g/mol. The fourth-order valence-electron chi connectivity index (χ4n) is 3.16. The minimum absolute atomic E-state index is 0.0424. The number of hydrogen-bond donors (Lipinski definition) is 1. The predicted molar refractivity (Wildman–Crippen MR) is 79.2 cm³/mol. The smallest absolute Gasteiger partial charge is 0.267 e. The Balaban J connectivity index is 1.68. The first-order valence-corrected chi connectivity index (χ1v) is 8.16. The third kappa shape index (κ3) is 2.66. The van der Waals surface area contributed by atoms with Gasteiger partial charge in [-0.3, -0.25) is 9.59 Å². The zero-order chi connectivity index (χ0) is 15.0. The molecule has 3 rings (SSSR count). The van der Waals surface area contributed by atoms with Gasteiger partial charge in [0, 0.05) is 26.1 Å². The van der Waals surface area contributed by atoms with Crippen molar-refractivity contribution in [2.75, 3.05) is 19.6 Å².